The highest BCUT2D eigenvalue weighted by molar-refractivity contribution is 7.92. The molecule has 2 aromatic carbocycles. The van der Waals surface area contributed by atoms with Crippen molar-refractivity contribution in [2.45, 2.75) is 31.2 Å². The molecule has 1 unspecified atom stereocenters. The highest BCUT2D eigenvalue weighted by Crippen LogP contribution is 2.34. The second kappa shape index (κ2) is 6.79. The summed E-state index contributed by atoms with van der Waals surface area (Å²) in [7, 11) is -3.78. The molecule has 7 nitrogen and oxygen atoms in total. The first-order valence-electron chi connectivity index (χ1n) is 8.79. The van der Waals surface area contributed by atoms with E-state index in [1.807, 2.05) is 13.0 Å². The molecule has 4 rings (SSSR count). The van der Waals surface area contributed by atoms with E-state index in [4.69, 9.17) is 4.42 Å². The number of sulfonamides is 1. The monoisotopic (exact) mass is 397 g/mol. The number of aromatic nitrogens is 1. The van der Waals surface area contributed by atoms with E-state index < -0.39 is 10.0 Å². The molecule has 0 saturated heterocycles. The molecule has 2 heterocycles. The first-order chi connectivity index (χ1) is 13.3. The molecule has 0 radical (unpaired) electrons. The molecule has 8 heteroatoms. The SMILES string of the molecule is CC(=O)N1c2ccc(S(=O)(=O)Nc3cccc(-c4cnco4)c3)cc2CC1C. The highest BCUT2D eigenvalue weighted by atomic mass is 32.2. The van der Waals surface area contributed by atoms with Crippen LogP contribution in [0, 0.1) is 0 Å². The molecule has 1 amide bonds. The van der Waals surface area contributed by atoms with E-state index in [2.05, 4.69) is 9.71 Å². The van der Waals surface area contributed by atoms with Crippen LogP contribution in [0.4, 0.5) is 11.4 Å². The Labute approximate surface area is 163 Å². The molecule has 1 N–H and O–H groups in total. The standard InChI is InChI=1S/C20H19N3O4S/c1-13-8-16-10-18(6-7-19(16)23(13)14(2)24)28(25,26)22-17-5-3-4-15(9-17)20-11-21-12-27-20/h3-7,9-13,22H,8H2,1-2H3. The van der Waals surface area contributed by atoms with Crippen molar-refractivity contribution in [3.05, 3.63) is 60.6 Å². The number of amides is 1. The van der Waals surface area contributed by atoms with Crippen LogP contribution in [-0.2, 0) is 21.2 Å². The van der Waals surface area contributed by atoms with Crippen molar-refractivity contribution in [3.63, 3.8) is 0 Å². The number of anilines is 2. The number of fused-ring (bicyclic) bond motifs is 1. The Morgan fingerprint density at radius 2 is 2.07 bits per heavy atom. The normalized spacial score (nSPS) is 16.1. The van der Waals surface area contributed by atoms with Crippen molar-refractivity contribution >= 4 is 27.3 Å². The topological polar surface area (TPSA) is 92.5 Å². The van der Waals surface area contributed by atoms with Gasteiger partial charge in [-0.15, -0.1) is 0 Å². The van der Waals surface area contributed by atoms with Crippen LogP contribution in [0.1, 0.15) is 19.4 Å². The maximum atomic E-state index is 12.9. The summed E-state index contributed by atoms with van der Waals surface area (Å²) < 4.78 is 33.6. The van der Waals surface area contributed by atoms with Crippen molar-refractivity contribution in [1.82, 2.24) is 4.98 Å². The number of hydrogen-bond donors (Lipinski definition) is 1. The molecule has 1 aliphatic heterocycles. The van der Waals surface area contributed by atoms with Crippen molar-refractivity contribution in [3.8, 4) is 11.3 Å². The Morgan fingerprint density at radius 3 is 2.79 bits per heavy atom. The Balaban J connectivity index is 1.63. The number of carbonyl (C=O) groups is 1. The lowest BCUT2D eigenvalue weighted by Gasteiger charge is -2.20. The fourth-order valence-electron chi connectivity index (χ4n) is 3.56. The minimum Gasteiger partial charge on any atom is -0.444 e. The van der Waals surface area contributed by atoms with E-state index in [9.17, 15) is 13.2 Å². The summed E-state index contributed by atoms with van der Waals surface area (Å²) >= 11 is 0. The largest absolute Gasteiger partial charge is 0.444 e. The summed E-state index contributed by atoms with van der Waals surface area (Å²) in [5.41, 5.74) is 2.76. The summed E-state index contributed by atoms with van der Waals surface area (Å²) in [6.07, 6.45) is 3.51. The van der Waals surface area contributed by atoms with Gasteiger partial charge in [-0.3, -0.25) is 9.52 Å². The quantitative estimate of drug-likeness (QED) is 0.728. The van der Waals surface area contributed by atoms with E-state index in [1.165, 1.54) is 19.4 Å². The molecular weight excluding hydrogens is 378 g/mol. The fraction of sp³-hybridized carbons (Fsp3) is 0.200. The van der Waals surface area contributed by atoms with Crippen molar-refractivity contribution < 1.29 is 17.6 Å². The van der Waals surface area contributed by atoms with Gasteiger partial charge in [0.25, 0.3) is 10.0 Å². The second-order valence-corrected chi connectivity index (χ2v) is 8.47. The van der Waals surface area contributed by atoms with E-state index >= 15 is 0 Å². The van der Waals surface area contributed by atoms with Crippen molar-refractivity contribution in [2.75, 3.05) is 9.62 Å². The number of rotatable bonds is 4. The van der Waals surface area contributed by atoms with E-state index in [0.29, 0.717) is 17.9 Å². The van der Waals surface area contributed by atoms with Crippen LogP contribution in [0.3, 0.4) is 0 Å². The van der Waals surface area contributed by atoms with Gasteiger partial charge in [0.05, 0.1) is 11.1 Å². The number of nitrogens with zero attached hydrogens (tertiary/aromatic N) is 2. The number of carbonyl (C=O) groups excluding carboxylic acids is 1. The maximum absolute atomic E-state index is 12.9. The average Bonchev–Trinajstić information content (AvgIpc) is 3.27. The van der Waals surface area contributed by atoms with E-state index in [1.54, 1.807) is 41.4 Å². The zero-order valence-electron chi connectivity index (χ0n) is 15.4. The molecule has 0 aliphatic carbocycles. The van der Waals surface area contributed by atoms with E-state index in [-0.39, 0.29) is 16.8 Å². The molecule has 3 aromatic rings. The van der Waals surface area contributed by atoms with Gasteiger partial charge in [-0.05, 0) is 49.2 Å². The molecule has 0 spiro atoms. The van der Waals surface area contributed by atoms with Gasteiger partial charge < -0.3 is 9.32 Å². The third-order valence-electron chi connectivity index (χ3n) is 4.75. The minimum atomic E-state index is -3.78. The predicted octanol–water partition coefficient (Wildman–Crippen LogP) is 3.44. The summed E-state index contributed by atoms with van der Waals surface area (Å²) in [4.78, 5) is 17.6. The molecule has 1 aliphatic rings. The lowest BCUT2D eigenvalue weighted by Crippen LogP contribution is -2.33. The zero-order chi connectivity index (χ0) is 19.9. The van der Waals surface area contributed by atoms with Crippen LogP contribution < -0.4 is 9.62 Å². The molecule has 1 aromatic heterocycles. The summed E-state index contributed by atoms with van der Waals surface area (Å²) in [5, 5.41) is 0. The van der Waals surface area contributed by atoms with Crippen molar-refractivity contribution in [1.29, 1.82) is 0 Å². The van der Waals surface area contributed by atoms with Gasteiger partial charge >= 0.3 is 0 Å². The van der Waals surface area contributed by atoms with Crippen molar-refractivity contribution in [2.24, 2.45) is 0 Å². The first-order valence-corrected chi connectivity index (χ1v) is 10.3. The van der Waals surface area contributed by atoms with Gasteiger partial charge in [-0.2, -0.15) is 0 Å². The maximum Gasteiger partial charge on any atom is 0.261 e. The van der Waals surface area contributed by atoms with Crippen LogP contribution in [0.2, 0.25) is 0 Å². The lowest BCUT2D eigenvalue weighted by molar-refractivity contribution is -0.116. The summed E-state index contributed by atoms with van der Waals surface area (Å²) in [5.74, 6) is 0.501. The van der Waals surface area contributed by atoms with Gasteiger partial charge in [0.1, 0.15) is 0 Å². The second-order valence-electron chi connectivity index (χ2n) is 6.78. The molecule has 0 saturated carbocycles. The number of nitrogens with one attached hydrogen (secondary N) is 1. The predicted molar refractivity (Wildman–Crippen MR) is 106 cm³/mol. The van der Waals surface area contributed by atoms with Crippen LogP contribution in [0.25, 0.3) is 11.3 Å². The van der Waals surface area contributed by atoms with Gasteiger partial charge in [-0.1, -0.05) is 12.1 Å². The van der Waals surface area contributed by atoms with Gasteiger partial charge in [0, 0.05) is 29.9 Å². The van der Waals surface area contributed by atoms with E-state index in [0.717, 1.165) is 16.8 Å². The molecule has 144 valence electrons. The fourth-order valence-corrected chi connectivity index (χ4v) is 4.66. The van der Waals surface area contributed by atoms with Crippen LogP contribution in [-0.4, -0.2) is 25.4 Å². The molecule has 1 atom stereocenters. The lowest BCUT2D eigenvalue weighted by atomic mass is 10.1. The van der Waals surface area contributed by atoms with Crippen LogP contribution in [0.15, 0.2) is 64.4 Å². The molecule has 0 bridgehead atoms. The molecule has 28 heavy (non-hydrogen) atoms. The minimum absolute atomic E-state index is 0.0111. The Hall–Kier alpha value is -3.13. The van der Waals surface area contributed by atoms with Crippen LogP contribution >= 0.6 is 0 Å². The smallest absolute Gasteiger partial charge is 0.261 e. The Bertz CT molecular complexity index is 1140. The summed E-state index contributed by atoms with van der Waals surface area (Å²) in [6, 6.07) is 11.8. The first kappa shape index (κ1) is 18.2. The van der Waals surface area contributed by atoms with Crippen LogP contribution in [0.5, 0.6) is 0 Å². The Morgan fingerprint density at radius 1 is 1.25 bits per heavy atom. The number of hydrogen-bond acceptors (Lipinski definition) is 5. The third kappa shape index (κ3) is 3.27. The average molecular weight is 397 g/mol. The third-order valence-corrected chi connectivity index (χ3v) is 6.13. The molecule has 0 fully saturated rings. The zero-order valence-corrected chi connectivity index (χ0v) is 16.2. The highest BCUT2D eigenvalue weighted by Gasteiger charge is 2.30. The number of benzene rings is 2. The van der Waals surface area contributed by atoms with Gasteiger partial charge in [-0.25, -0.2) is 13.4 Å². The Kier molecular flexibility index (Phi) is 4.43. The molecular formula is C20H19N3O4S. The van der Waals surface area contributed by atoms with Gasteiger partial charge in [0.2, 0.25) is 5.91 Å². The van der Waals surface area contributed by atoms with Gasteiger partial charge in [0.15, 0.2) is 12.2 Å². The summed E-state index contributed by atoms with van der Waals surface area (Å²) in [6.45, 7) is 3.46. The number of oxazole rings is 1.